The standard InChI is InChI=1S/C18H22N4O4/c1-2-3-9-19-16(23)13-6-4-12(5-7-13)15-20-17(26-21-15)14-8-10-22(11-14)18(24)25/h4-7,14H,2-3,8-11H2,1H3,(H,19,23)(H,24,25)/t14-/m1/s1. The van der Waals surface area contributed by atoms with Crippen molar-refractivity contribution in [3.05, 3.63) is 35.7 Å². The first kappa shape index (κ1) is 17.9. The summed E-state index contributed by atoms with van der Waals surface area (Å²) in [5.74, 6) is 0.714. The van der Waals surface area contributed by atoms with Crippen LogP contribution in [0, 0.1) is 0 Å². The molecule has 1 saturated heterocycles. The quantitative estimate of drug-likeness (QED) is 0.769. The van der Waals surface area contributed by atoms with Crippen LogP contribution in [0.25, 0.3) is 11.4 Å². The molecule has 138 valence electrons. The molecular formula is C18H22N4O4. The third kappa shape index (κ3) is 4.01. The number of carbonyl (C=O) groups excluding carboxylic acids is 1. The number of hydrogen-bond acceptors (Lipinski definition) is 5. The van der Waals surface area contributed by atoms with Crippen LogP contribution in [0.4, 0.5) is 4.79 Å². The molecule has 0 unspecified atom stereocenters. The van der Waals surface area contributed by atoms with E-state index in [1.165, 1.54) is 4.90 Å². The zero-order chi connectivity index (χ0) is 18.5. The van der Waals surface area contributed by atoms with E-state index in [1.807, 2.05) is 0 Å². The number of aromatic nitrogens is 2. The van der Waals surface area contributed by atoms with Gasteiger partial charge in [-0.25, -0.2) is 4.79 Å². The zero-order valence-electron chi connectivity index (χ0n) is 14.6. The molecule has 1 aliphatic rings. The molecule has 2 aromatic rings. The number of benzene rings is 1. The highest BCUT2D eigenvalue weighted by Gasteiger charge is 2.31. The summed E-state index contributed by atoms with van der Waals surface area (Å²) in [7, 11) is 0. The van der Waals surface area contributed by atoms with Crippen molar-refractivity contribution in [3.8, 4) is 11.4 Å². The fraction of sp³-hybridized carbons (Fsp3) is 0.444. The maximum atomic E-state index is 12.0. The Bertz CT molecular complexity index is 772. The van der Waals surface area contributed by atoms with E-state index in [2.05, 4.69) is 22.4 Å². The first-order valence-corrected chi connectivity index (χ1v) is 8.78. The lowest BCUT2D eigenvalue weighted by molar-refractivity contribution is 0.0953. The van der Waals surface area contributed by atoms with E-state index < -0.39 is 6.09 Å². The molecule has 0 radical (unpaired) electrons. The van der Waals surface area contributed by atoms with Crippen LogP contribution in [0.15, 0.2) is 28.8 Å². The fourth-order valence-corrected chi connectivity index (χ4v) is 2.91. The Balaban J connectivity index is 1.64. The fourth-order valence-electron chi connectivity index (χ4n) is 2.91. The summed E-state index contributed by atoms with van der Waals surface area (Å²) >= 11 is 0. The van der Waals surface area contributed by atoms with Gasteiger partial charge < -0.3 is 19.8 Å². The van der Waals surface area contributed by atoms with Gasteiger partial charge in [-0.1, -0.05) is 30.6 Å². The molecule has 1 atom stereocenters. The highest BCUT2D eigenvalue weighted by atomic mass is 16.5. The molecule has 1 aromatic heterocycles. The first-order chi connectivity index (χ1) is 12.6. The van der Waals surface area contributed by atoms with Gasteiger partial charge in [-0.05, 0) is 25.0 Å². The maximum absolute atomic E-state index is 12.0. The molecular weight excluding hydrogens is 336 g/mol. The smallest absolute Gasteiger partial charge is 0.407 e. The minimum Gasteiger partial charge on any atom is -0.465 e. The van der Waals surface area contributed by atoms with Crippen LogP contribution in [-0.2, 0) is 0 Å². The lowest BCUT2D eigenvalue weighted by atomic mass is 10.1. The second-order valence-electron chi connectivity index (χ2n) is 6.36. The first-order valence-electron chi connectivity index (χ1n) is 8.78. The van der Waals surface area contributed by atoms with Crippen LogP contribution in [0.1, 0.15) is 48.4 Å². The topological polar surface area (TPSA) is 109 Å². The van der Waals surface area contributed by atoms with Crippen molar-refractivity contribution in [1.82, 2.24) is 20.4 Å². The van der Waals surface area contributed by atoms with Gasteiger partial charge in [-0.3, -0.25) is 4.79 Å². The van der Waals surface area contributed by atoms with E-state index in [0.29, 0.717) is 43.3 Å². The SMILES string of the molecule is CCCCNC(=O)c1ccc(-c2noc([C@@H]3CCN(C(=O)O)C3)n2)cc1. The molecule has 1 aliphatic heterocycles. The van der Waals surface area contributed by atoms with Crippen LogP contribution >= 0.6 is 0 Å². The largest absolute Gasteiger partial charge is 0.465 e. The van der Waals surface area contributed by atoms with Gasteiger partial charge in [0.1, 0.15) is 0 Å². The predicted molar refractivity (Wildman–Crippen MR) is 93.9 cm³/mol. The molecule has 2 N–H and O–H groups in total. The van der Waals surface area contributed by atoms with Gasteiger partial charge in [0, 0.05) is 30.8 Å². The van der Waals surface area contributed by atoms with E-state index in [0.717, 1.165) is 18.4 Å². The van der Waals surface area contributed by atoms with Crippen molar-refractivity contribution in [2.45, 2.75) is 32.1 Å². The number of rotatable bonds is 6. The van der Waals surface area contributed by atoms with Gasteiger partial charge in [0.05, 0.1) is 5.92 Å². The molecule has 0 saturated carbocycles. The van der Waals surface area contributed by atoms with Gasteiger partial charge in [-0.2, -0.15) is 4.98 Å². The Morgan fingerprint density at radius 3 is 2.77 bits per heavy atom. The molecule has 8 nitrogen and oxygen atoms in total. The number of carbonyl (C=O) groups is 2. The lowest BCUT2D eigenvalue weighted by Crippen LogP contribution is -2.26. The lowest BCUT2D eigenvalue weighted by Gasteiger charge is -2.09. The number of nitrogens with zero attached hydrogens (tertiary/aromatic N) is 3. The van der Waals surface area contributed by atoms with E-state index in [1.54, 1.807) is 24.3 Å². The summed E-state index contributed by atoms with van der Waals surface area (Å²) in [5.41, 5.74) is 1.33. The van der Waals surface area contributed by atoms with Gasteiger partial charge in [0.25, 0.3) is 5.91 Å². The summed E-state index contributed by atoms with van der Waals surface area (Å²) in [6.45, 7) is 3.58. The molecule has 1 fully saturated rings. The van der Waals surface area contributed by atoms with Crippen molar-refractivity contribution in [2.75, 3.05) is 19.6 Å². The number of unbranched alkanes of at least 4 members (excludes halogenated alkanes) is 1. The van der Waals surface area contributed by atoms with Crippen molar-refractivity contribution in [1.29, 1.82) is 0 Å². The van der Waals surface area contributed by atoms with Gasteiger partial charge >= 0.3 is 6.09 Å². The monoisotopic (exact) mass is 358 g/mol. The summed E-state index contributed by atoms with van der Waals surface area (Å²) in [5, 5.41) is 15.9. The van der Waals surface area contributed by atoms with Crippen molar-refractivity contribution >= 4 is 12.0 Å². The van der Waals surface area contributed by atoms with E-state index in [-0.39, 0.29) is 11.8 Å². The van der Waals surface area contributed by atoms with Gasteiger partial charge in [0.2, 0.25) is 11.7 Å². The van der Waals surface area contributed by atoms with Crippen LogP contribution < -0.4 is 5.32 Å². The summed E-state index contributed by atoms with van der Waals surface area (Å²) < 4.78 is 5.31. The summed E-state index contributed by atoms with van der Waals surface area (Å²) in [4.78, 5) is 28.8. The third-order valence-corrected chi connectivity index (χ3v) is 4.47. The number of likely N-dealkylation sites (tertiary alicyclic amines) is 1. The van der Waals surface area contributed by atoms with Crippen LogP contribution in [0.2, 0.25) is 0 Å². The Morgan fingerprint density at radius 1 is 1.35 bits per heavy atom. The molecule has 0 spiro atoms. The number of hydrogen-bond donors (Lipinski definition) is 2. The molecule has 2 heterocycles. The summed E-state index contributed by atoms with van der Waals surface area (Å²) in [6.07, 6.45) is 1.73. The Morgan fingerprint density at radius 2 is 2.12 bits per heavy atom. The summed E-state index contributed by atoms with van der Waals surface area (Å²) in [6, 6.07) is 7.02. The molecule has 1 aromatic carbocycles. The molecule has 3 rings (SSSR count). The van der Waals surface area contributed by atoms with E-state index >= 15 is 0 Å². The number of carboxylic acid groups (broad SMARTS) is 1. The predicted octanol–water partition coefficient (Wildman–Crippen LogP) is 2.73. The highest BCUT2D eigenvalue weighted by molar-refractivity contribution is 5.94. The van der Waals surface area contributed by atoms with Crippen molar-refractivity contribution in [3.63, 3.8) is 0 Å². The molecule has 8 heteroatoms. The van der Waals surface area contributed by atoms with Crippen molar-refractivity contribution in [2.24, 2.45) is 0 Å². The van der Waals surface area contributed by atoms with E-state index in [9.17, 15) is 9.59 Å². The normalized spacial score (nSPS) is 16.7. The van der Waals surface area contributed by atoms with Crippen LogP contribution in [-0.4, -0.2) is 51.8 Å². The molecule has 0 aliphatic carbocycles. The Kier molecular flexibility index (Phi) is 5.50. The van der Waals surface area contributed by atoms with Crippen LogP contribution in [0.5, 0.6) is 0 Å². The Hall–Kier alpha value is -2.90. The second-order valence-corrected chi connectivity index (χ2v) is 6.36. The zero-order valence-corrected chi connectivity index (χ0v) is 14.6. The average Bonchev–Trinajstić information content (AvgIpc) is 3.31. The van der Waals surface area contributed by atoms with E-state index in [4.69, 9.17) is 9.63 Å². The second kappa shape index (κ2) is 7.99. The molecule has 26 heavy (non-hydrogen) atoms. The number of nitrogens with one attached hydrogen (secondary N) is 1. The minimum atomic E-state index is -0.931. The number of amides is 2. The average molecular weight is 358 g/mol. The highest BCUT2D eigenvalue weighted by Crippen LogP contribution is 2.27. The Labute approximate surface area is 151 Å². The van der Waals surface area contributed by atoms with Gasteiger partial charge in [-0.15, -0.1) is 0 Å². The van der Waals surface area contributed by atoms with Crippen molar-refractivity contribution < 1.29 is 19.2 Å². The maximum Gasteiger partial charge on any atom is 0.407 e. The van der Waals surface area contributed by atoms with Crippen LogP contribution in [0.3, 0.4) is 0 Å². The van der Waals surface area contributed by atoms with Gasteiger partial charge in [0.15, 0.2) is 0 Å². The molecule has 0 bridgehead atoms. The molecule has 2 amide bonds. The minimum absolute atomic E-state index is 0.0732. The third-order valence-electron chi connectivity index (χ3n) is 4.47.